The molecule has 0 atom stereocenters. The number of benzene rings is 1. The van der Waals surface area contributed by atoms with Crippen molar-refractivity contribution in [3.8, 4) is 0 Å². The first-order valence-electron chi connectivity index (χ1n) is 4.85. The van der Waals surface area contributed by atoms with E-state index in [0.717, 1.165) is 4.68 Å². The summed E-state index contributed by atoms with van der Waals surface area (Å²) in [6.45, 7) is 0. The second-order valence-electron chi connectivity index (χ2n) is 3.52. The third kappa shape index (κ3) is 2.86. The molecule has 0 saturated carbocycles. The summed E-state index contributed by atoms with van der Waals surface area (Å²) in [6, 6.07) is 4.65. The molecular weight excluding hydrogens is 379 g/mol. The molecule has 2 aromatic rings. The van der Waals surface area contributed by atoms with Crippen LogP contribution >= 0.6 is 39.1 Å². The zero-order chi connectivity index (χ0) is 14.2. The Hall–Kier alpha value is -0.830. The average molecular weight is 386 g/mol. The Labute approximate surface area is 127 Å². The maximum absolute atomic E-state index is 12.2. The lowest BCUT2D eigenvalue weighted by Crippen LogP contribution is -2.17. The molecule has 1 aromatic carbocycles. The molecule has 0 radical (unpaired) electrons. The maximum atomic E-state index is 12.2. The predicted molar refractivity (Wildman–Crippen MR) is 76.0 cm³/mol. The van der Waals surface area contributed by atoms with Gasteiger partial charge in [0.15, 0.2) is 4.60 Å². The summed E-state index contributed by atoms with van der Waals surface area (Å²) in [5.41, 5.74) is 0.183. The maximum Gasteiger partial charge on any atom is 0.281 e. The van der Waals surface area contributed by atoms with Crippen molar-refractivity contribution in [2.24, 2.45) is 7.05 Å². The van der Waals surface area contributed by atoms with Gasteiger partial charge in [0.2, 0.25) is 5.03 Å². The second kappa shape index (κ2) is 5.28. The second-order valence-corrected chi connectivity index (χ2v) is 6.65. The summed E-state index contributed by atoms with van der Waals surface area (Å²) < 4.78 is 28.0. The minimum absolute atomic E-state index is 0.108. The zero-order valence-electron chi connectivity index (χ0n) is 9.43. The van der Waals surface area contributed by atoms with Crippen LogP contribution in [0.5, 0.6) is 0 Å². The van der Waals surface area contributed by atoms with Crippen LogP contribution in [-0.4, -0.2) is 23.4 Å². The smallest absolute Gasteiger partial charge is 0.277 e. The molecule has 2 rings (SSSR count). The first kappa shape index (κ1) is 14.6. The van der Waals surface area contributed by atoms with Crippen molar-refractivity contribution >= 4 is 54.8 Å². The van der Waals surface area contributed by atoms with E-state index in [0.29, 0.717) is 0 Å². The van der Waals surface area contributed by atoms with Crippen LogP contribution in [0.1, 0.15) is 0 Å². The Balaban J connectivity index is 2.46. The summed E-state index contributed by atoms with van der Waals surface area (Å²) >= 11 is 14.8. The van der Waals surface area contributed by atoms with Crippen molar-refractivity contribution in [2.75, 3.05) is 4.72 Å². The van der Waals surface area contributed by atoms with Crippen LogP contribution in [0.3, 0.4) is 0 Å². The van der Waals surface area contributed by atoms with E-state index >= 15 is 0 Å². The van der Waals surface area contributed by atoms with Gasteiger partial charge in [0.1, 0.15) is 0 Å². The molecule has 1 N–H and O–H groups in total. The number of aryl methyl sites for hydroxylation is 1. The van der Waals surface area contributed by atoms with Gasteiger partial charge in [-0.3, -0.25) is 4.72 Å². The number of anilines is 1. The number of rotatable bonds is 3. The fraction of sp³-hybridized carbons (Fsp3) is 0.111. The van der Waals surface area contributed by atoms with E-state index < -0.39 is 10.0 Å². The molecule has 0 aliphatic rings. The van der Waals surface area contributed by atoms with Crippen molar-refractivity contribution < 1.29 is 8.42 Å². The lowest BCUT2D eigenvalue weighted by molar-refractivity contribution is 0.578. The Morgan fingerprint density at radius 1 is 1.37 bits per heavy atom. The lowest BCUT2D eigenvalue weighted by Gasteiger charge is -2.10. The number of sulfonamides is 1. The number of nitrogens with one attached hydrogen (secondary N) is 1. The van der Waals surface area contributed by atoms with Gasteiger partial charge in [-0.2, -0.15) is 8.42 Å². The molecule has 0 saturated heterocycles. The Morgan fingerprint density at radius 2 is 2.05 bits per heavy atom. The van der Waals surface area contributed by atoms with Crippen LogP contribution in [0.25, 0.3) is 0 Å². The highest BCUT2D eigenvalue weighted by Crippen LogP contribution is 2.31. The normalized spacial score (nSPS) is 11.6. The largest absolute Gasteiger partial charge is 0.281 e. The quantitative estimate of drug-likeness (QED) is 0.880. The van der Waals surface area contributed by atoms with Gasteiger partial charge in [0.05, 0.1) is 15.7 Å². The Bertz CT molecular complexity index is 712. The molecule has 0 aliphatic heterocycles. The van der Waals surface area contributed by atoms with Crippen molar-refractivity contribution in [1.82, 2.24) is 15.0 Å². The highest BCUT2D eigenvalue weighted by atomic mass is 79.9. The first-order valence-corrected chi connectivity index (χ1v) is 7.88. The molecule has 0 aliphatic carbocycles. The highest BCUT2D eigenvalue weighted by Gasteiger charge is 2.24. The molecule has 102 valence electrons. The molecule has 0 fully saturated rings. The molecule has 19 heavy (non-hydrogen) atoms. The van der Waals surface area contributed by atoms with E-state index in [-0.39, 0.29) is 25.4 Å². The monoisotopic (exact) mass is 384 g/mol. The van der Waals surface area contributed by atoms with E-state index in [1.165, 1.54) is 13.1 Å². The molecule has 0 bridgehead atoms. The summed E-state index contributed by atoms with van der Waals surface area (Å²) in [7, 11) is -2.41. The Morgan fingerprint density at radius 3 is 2.63 bits per heavy atom. The molecule has 1 aromatic heterocycles. The van der Waals surface area contributed by atoms with E-state index in [2.05, 4.69) is 31.0 Å². The van der Waals surface area contributed by atoms with Crippen LogP contribution in [0.15, 0.2) is 27.8 Å². The SMILES string of the molecule is Cn1nnc(Br)c1S(=O)(=O)Nc1cccc(Cl)c1Cl. The van der Waals surface area contributed by atoms with Gasteiger partial charge in [-0.1, -0.05) is 34.5 Å². The standard InChI is InChI=1S/C9H7BrCl2N4O2S/c1-16-9(8(10)13-15-16)19(17,18)14-6-4-2-3-5(11)7(6)12/h2-4,14H,1H3. The van der Waals surface area contributed by atoms with E-state index in [1.54, 1.807) is 12.1 Å². The number of hydrogen-bond donors (Lipinski definition) is 1. The van der Waals surface area contributed by atoms with E-state index in [4.69, 9.17) is 23.2 Å². The van der Waals surface area contributed by atoms with Crippen molar-refractivity contribution in [1.29, 1.82) is 0 Å². The lowest BCUT2D eigenvalue weighted by atomic mass is 10.3. The number of halogens is 3. The van der Waals surface area contributed by atoms with Gasteiger partial charge in [-0.15, -0.1) is 5.10 Å². The first-order chi connectivity index (χ1) is 8.83. The molecule has 0 unspecified atom stereocenters. The van der Waals surface area contributed by atoms with Crippen LogP contribution in [0, 0.1) is 0 Å². The van der Waals surface area contributed by atoms with Crippen molar-refractivity contribution in [3.63, 3.8) is 0 Å². The van der Waals surface area contributed by atoms with Gasteiger partial charge in [0, 0.05) is 7.05 Å². The Kier molecular flexibility index (Phi) is 4.05. The van der Waals surface area contributed by atoms with Crippen LogP contribution in [0.4, 0.5) is 5.69 Å². The molecule has 10 heteroatoms. The summed E-state index contributed by atoms with van der Waals surface area (Å²) in [4.78, 5) is 0. The third-order valence-electron chi connectivity index (χ3n) is 2.19. The fourth-order valence-corrected chi connectivity index (χ4v) is 3.96. The predicted octanol–water partition coefficient (Wildman–Crippen LogP) is 2.69. The van der Waals surface area contributed by atoms with Gasteiger partial charge >= 0.3 is 0 Å². The van der Waals surface area contributed by atoms with Crippen LogP contribution < -0.4 is 4.72 Å². The summed E-state index contributed by atoms with van der Waals surface area (Å²) in [5.74, 6) is 0. The zero-order valence-corrected chi connectivity index (χ0v) is 13.3. The summed E-state index contributed by atoms with van der Waals surface area (Å²) in [5, 5.41) is 7.49. The number of aromatic nitrogens is 3. The number of nitrogens with zero attached hydrogens (tertiary/aromatic N) is 3. The van der Waals surface area contributed by atoms with Crippen molar-refractivity contribution in [2.45, 2.75) is 5.03 Å². The minimum Gasteiger partial charge on any atom is -0.277 e. The molecule has 6 nitrogen and oxygen atoms in total. The van der Waals surface area contributed by atoms with E-state index in [9.17, 15) is 8.42 Å². The van der Waals surface area contributed by atoms with Crippen LogP contribution in [-0.2, 0) is 17.1 Å². The van der Waals surface area contributed by atoms with Gasteiger partial charge in [0.25, 0.3) is 10.0 Å². The molecule has 0 amide bonds. The van der Waals surface area contributed by atoms with Crippen molar-refractivity contribution in [3.05, 3.63) is 32.8 Å². The number of hydrogen-bond acceptors (Lipinski definition) is 4. The summed E-state index contributed by atoms with van der Waals surface area (Å²) in [6.07, 6.45) is 0. The van der Waals surface area contributed by atoms with Gasteiger partial charge in [-0.25, -0.2) is 4.68 Å². The van der Waals surface area contributed by atoms with Crippen LogP contribution in [0.2, 0.25) is 10.0 Å². The van der Waals surface area contributed by atoms with Gasteiger partial charge in [-0.05, 0) is 28.1 Å². The van der Waals surface area contributed by atoms with Gasteiger partial charge < -0.3 is 0 Å². The fourth-order valence-electron chi connectivity index (χ4n) is 1.38. The third-order valence-corrected chi connectivity index (χ3v) is 5.26. The highest BCUT2D eigenvalue weighted by molar-refractivity contribution is 9.10. The molecular formula is C9H7BrCl2N4O2S. The minimum atomic E-state index is -3.87. The van der Waals surface area contributed by atoms with E-state index in [1.807, 2.05) is 0 Å². The molecule has 1 heterocycles. The average Bonchev–Trinajstić information content (AvgIpc) is 2.65. The molecule has 0 spiro atoms. The topological polar surface area (TPSA) is 76.9 Å².